The van der Waals surface area contributed by atoms with E-state index in [1.165, 1.54) is 57.8 Å². The van der Waals surface area contributed by atoms with Crippen molar-refractivity contribution in [3.8, 4) is 0 Å². The van der Waals surface area contributed by atoms with Crippen LogP contribution in [0.1, 0.15) is 118 Å². The van der Waals surface area contributed by atoms with Gasteiger partial charge >= 0.3 is 6.09 Å². The lowest BCUT2D eigenvalue weighted by Gasteiger charge is -2.47. The number of amides is 1. The van der Waals surface area contributed by atoms with E-state index in [0.29, 0.717) is 24.6 Å². The zero-order valence-corrected chi connectivity index (χ0v) is 20.2. The number of nitrogens with one attached hydrogen (secondary N) is 2. The highest BCUT2D eigenvalue weighted by Gasteiger charge is 2.41. The predicted molar refractivity (Wildman–Crippen MR) is 124 cm³/mol. The first-order valence-electron chi connectivity index (χ1n) is 12.4. The van der Waals surface area contributed by atoms with Gasteiger partial charge in [-0.3, -0.25) is 0 Å². The fraction of sp³-hybridized carbons (Fsp3) is 0.960. The predicted octanol–water partition coefficient (Wildman–Crippen LogP) is 6.83. The van der Waals surface area contributed by atoms with E-state index in [2.05, 4.69) is 45.3 Å². The van der Waals surface area contributed by atoms with Crippen LogP contribution in [0.3, 0.4) is 0 Å². The molecule has 0 aliphatic heterocycles. The van der Waals surface area contributed by atoms with E-state index in [4.69, 9.17) is 4.74 Å². The summed E-state index contributed by atoms with van der Waals surface area (Å²) in [6, 6.07) is 0.548. The SMILES string of the molecule is CCCCCCCNC1CC(C)(C)CC(C)(CNC(=O)OCCCCCCC)C1. The van der Waals surface area contributed by atoms with Gasteiger partial charge in [0.15, 0.2) is 0 Å². The van der Waals surface area contributed by atoms with Crippen molar-refractivity contribution in [2.24, 2.45) is 10.8 Å². The van der Waals surface area contributed by atoms with Crippen molar-refractivity contribution in [2.45, 2.75) is 124 Å². The van der Waals surface area contributed by atoms with E-state index in [9.17, 15) is 4.79 Å². The van der Waals surface area contributed by atoms with Gasteiger partial charge in [-0.05, 0) is 49.5 Å². The molecule has 0 aromatic heterocycles. The molecule has 1 aliphatic carbocycles. The van der Waals surface area contributed by atoms with Crippen LogP contribution in [0.4, 0.5) is 4.79 Å². The number of unbranched alkanes of at least 4 members (excludes halogenated alkanes) is 8. The first-order chi connectivity index (χ1) is 13.8. The van der Waals surface area contributed by atoms with Gasteiger partial charge in [-0.25, -0.2) is 4.79 Å². The maximum atomic E-state index is 12.1. The summed E-state index contributed by atoms with van der Waals surface area (Å²) in [6.45, 7) is 13.9. The molecule has 1 fully saturated rings. The minimum absolute atomic E-state index is 0.127. The van der Waals surface area contributed by atoms with Gasteiger partial charge < -0.3 is 15.4 Å². The van der Waals surface area contributed by atoms with Crippen molar-refractivity contribution in [2.75, 3.05) is 19.7 Å². The standard InChI is InChI=1S/C25H50N2O2/c1-6-8-10-12-14-16-26-22-18-24(3,4)20-25(5,19-22)21-27-23(28)29-17-15-13-11-9-7-2/h22,26H,6-21H2,1-5H3,(H,27,28). The number of carbonyl (C=O) groups excluding carboxylic acids is 1. The topological polar surface area (TPSA) is 50.4 Å². The molecule has 1 aliphatic rings. The van der Waals surface area contributed by atoms with Crippen molar-refractivity contribution in [1.29, 1.82) is 0 Å². The molecule has 0 radical (unpaired) electrons. The largest absolute Gasteiger partial charge is 0.450 e. The third-order valence-electron chi connectivity index (χ3n) is 6.30. The summed E-state index contributed by atoms with van der Waals surface area (Å²) in [5, 5.41) is 6.87. The Bertz CT molecular complexity index is 439. The molecule has 0 spiro atoms. The van der Waals surface area contributed by atoms with E-state index >= 15 is 0 Å². The number of carbonyl (C=O) groups is 1. The lowest BCUT2D eigenvalue weighted by atomic mass is 9.62. The molecule has 1 rings (SSSR count). The highest BCUT2D eigenvalue weighted by molar-refractivity contribution is 5.67. The first kappa shape index (κ1) is 26.3. The Hall–Kier alpha value is -0.770. The molecule has 172 valence electrons. The van der Waals surface area contributed by atoms with Crippen molar-refractivity contribution >= 4 is 6.09 Å². The Morgan fingerprint density at radius 3 is 2.17 bits per heavy atom. The molecule has 1 amide bonds. The second-order valence-electron chi connectivity index (χ2n) is 10.5. The highest BCUT2D eigenvalue weighted by atomic mass is 16.5. The smallest absolute Gasteiger partial charge is 0.407 e. The molecule has 29 heavy (non-hydrogen) atoms. The molecule has 2 unspecified atom stereocenters. The normalized spacial score (nSPS) is 23.7. The van der Waals surface area contributed by atoms with E-state index < -0.39 is 0 Å². The molecule has 0 bridgehead atoms. The summed E-state index contributed by atoms with van der Waals surface area (Å²) in [4.78, 5) is 12.1. The van der Waals surface area contributed by atoms with Crippen LogP contribution >= 0.6 is 0 Å². The molecular formula is C25H50N2O2. The fourth-order valence-electron chi connectivity index (χ4n) is 5.15. The summed E-state index contributed by atoms with van der Waals surface area (Å²) in [5.74, 6) is 0. The summed E-state index contributed by atoms with van der Waals surface area (Å²) < 4.78 is 5.38. The molecular weight excluding hydrogens is 360 g/mol. The lowest BCUT2D eigenvalue weighted by molar-refractivity contribution is 0.0666. The van der Waals surface area contributed by atoms with Gasteiger partial charge in [0.25, 0.3) is 0 Å². The van der Waals surface area contributed by atoms with Crippen molar-refractivity contribution in [3.63, 3.8) is 0 Å². The van der Waals surface area contributed by atoms with Crippen LogP contribution in [0.25, 0.3) is 0 Å². The zero-order chi connectivity index (χ0) is 21.6. The van der Waals surface area contributed by atoms with Gasteiger partial charge in [0, 0.05) is 12.6 Å². The maximum absolute atomic E-state index is 12.1. The number of hydrogen-bond donors (Lipinski definition) is 2. The molecule has 4 nitrogen and oxygen atoms in total. The Balaban J connectivity index is 2.31. The van der Waals surface area contributed by atoms with Gasteiger partial charge in [0.1, 0.15) is 0 Å². The molecule has 0 heterocycles. The quantitative estimate of drug-likeness (QED) is 0.291. The van der Waals surface area contributed by atoms with E-state index in [-0.39, 0.29) is 11.5 Å². The third-order valence-corrected chi connectivity index (χ3v) is 6.30. The van der Waals surface area contributed by atoms with E-state index in [1.807, 2.05) is 0 Å². The average molecular weight is 411 g/mol. The first-order valence-corrected chi connectivity index (χ1v) is 12.4. The fourth-order valence-corrected chi connectivity index (χ4v) is 5.15. The van der Waals surface area contributed by atoms with Gasteiger partial charge in [0.2, 0.25) is 0 Å². The molecule has 2 N–H and O–H groups in total. The highest BCUT2D eigenvalue weighted by Crippen LogP contribution is 2.45. The molecule has 1 saturated carbocycles. The maximum Gasteiger partial charge on any atom is 0.407 e. The number of hydrogen-bond acceptors (Lipinski definition) is 3. The van der Waals surface area contributed by atoms with Crippen molar-refractivity contribution in [1.82, 2.24) is 10.6 Å². The molecule has 4 heteroatoms. The van der Waals surface area contributed by atoms with Gasteiger partial charge in [-0.2, -0.15) is 0 Å². The number of ether oxygens (including phenoxy) is 1. The van der Waals surface area contributed by atoms with Crippen molar-refractivity contribution in [3.05, 3.63) is 0 Å². The molecule has 0 aromatic rings. The second kappa shape index (κ2) is 14.3. The Morgan fingerprint density at radius 2 is 1.52 bits per heavy atom. The van der Waals surface area contributed by atoms with Gasteiger partial charge in [-0.15, -0.1) is 0 Å². The molecule has 0 saturated heterocycles. The average Bonchev–Trinajstić information content (AvgIpc) is 2.64. The summed E-state index contributed by atoms with van der Waals surface area (Å²) in [5.41, 5.74) is 0.430. The Labute approximate surface area is 181 Å². The summed E-state index contributed by atoms with van der Waals surface area (Å²) in [7, 11) is 0. The van der Waals surface area contributed by atoms with Crippen LogP contribution in [0.2, 0.25) is 0 Å². The van der Waals surface area contributed by atoms with E-state index in [1.54, 1.807) is 0 Å². The summed E-state index contributed by atoms with van der Waals surface area (Å²) >= 11 is 0. The third kappa shape index (κ3) is 12.5. The molecule has 0 aromatic carbocycles. The minimum Gasteiger partial charge on any atom is -0.450 e. The number of rotatable bonds is 15. The van der Waals surface area contributed by atoms with Crippen molar-refractivity contribution < 1.29 is 9.53 Å². The second-order valence-corrected chi connectivity index (χ2v) is 10.5. The number of alkyl carbamates (subject to hydrolysis) is 1. The van der Waals surface area contributed by atoms with Gasteiger partial charge in [-0.1, -0.05) is 86.0 Å². The Kier molecular flexibility index (Phi) is 12.9. The Morgan fingerprint density at radius 1 is 0.897 bits per heavy atom. The minimum atomic E-state index is -0.245. The van der Waals surface area contributed by atoms with Crippen LogP contribution in [0, 0.1) is 10.8 Å². The monoisotopic (exact) mass is 410 g/mol. The lowest BCUT2D eigenvalue weighted by Crippen LogP contribution is -2.49. The van der Waals surface area contributed by atoms with Crippen LogP contribution in [0.15, 0.2) is 0 Å². The van der Waals surface area contributed by atoms with Crippen LogP contribution < -0.4 is 10.6 Å². The molecule has 2 atom stereocenters. The summed E-state index contributed by atoms with van der Waals surface area (Å²) in [6.07, 6.45) is 15.8. The van der Waals surface area contributed by atoms with Gasteiger partial charge in [0.05, 0.1) is 6.61 Å². The van der Waals surface area contributed by atoms with Crippen LogP contribution in [-0.2, 0) is 4.74 Å². The van der Waals surface area contributed by atoms with E-state index in [0.717, 1.165) is 32.2 Å². The van der Waals surface area contributed by atoms with Crippen LogP contribution in [0.5, 0.6) is 0 Å². The van der Waals surface area contributed by atoms with Crippen LogP contribution in [-0.4, -0.2) is 31.8 Å². The zero-order valence-electron chi connectivity index (χ0n) is 20.2.